The summed E-state index contributed by atoms with van der Waals surface area (Å²) in [6.07, 6.45) is 13.0. The van der Waals surface area contributed by atoms with Gasteiger partial charge >= 0.3 is 7.12 Å². The number of hydrogen-bond donors (Lipinski definition) is 2. The van der Waals surface area contributed by atoms with Crippen molar-refractivity contribution in [3.05, 3.63) is 24.3 Å². The van der Waals surface area contributed by atoms with Gasteiger partial charge in [0.1, 0.15) is 5.75 Å². The summed E-state index contributed by atoms with van der Waals surface area (Å²) in [5.41, 5.74) is 0.439. The fraction of sp³-hybridized carbons (Fsp3) is 0.667. The number of hydrogen-bond acceptors (Lipinski definition) is 3. The van der Waals surface area contributed by atoms with Crippen LogP contribution in [0.25, 0.3) is 0 Å². The van der Waals surface area contributed by atoms with Crippen molar-refractivity contribution < 1.29 is 14.8 Å². The van der Waals surface area contributed by atoms with Crippen LogP contribution in [0.5, 0.6) is 5.75 Å². The van der Waals surface area contributed by atoms with E-state index in [2.05, 4.69) is 6.92 Å². The molecule has 0 atom stereocenters. The third-order valence-corrected chi connectivity index (χ3v) is 3.95. The summed E-state index contributed by atoms with van der Waals surface area (Å²) in [7, 11) is -1.47. The Morgan fingerprint density at radius 2 is 1.36 bits per heavy atom. The molecule has 3 nitrogen and oxygen atoms in total. The summed E-state index contributed by atoms with van der Waals surface area (Å²) in [4.78, 5) is 0. The number of unbranched alkanes of at least 4 members (excludes halogenated alkanes) is 9. The Morgan fingerprint density at radius 3 is 1.95 bits per heavy atom. The first-order chi connectivity index (χ1) is 10.8. The van der Waals surface area contributed by atoms with E-state index in [4.69, 9.17) is 4.74 Å². The van der Waals surface area contributed by atoms with E-state index in [-0.39, 0.29) is 0 Å². The number of rotatable bonds is 13. The van der Waals surface area contributed by atoms with Crippen molar-refractivity contribution in [2.45, 2.75) is 71.1 Å². The van der Waals surface area contributed by atoms with Crippen LogP contribution < -0.4 is 10.2 Å². The molecule has 1 aromatic rings. The predicted molar refractivity (Wildman–Crippen MR) is 93.6 cm³/mol. The minimum absolute atomic E-state index is 0.439. The maximum Gasteiger partial charge on any atom is 0.492 e. The van der Waals surface area contributed by atoms with Gasteiger partial charge in [-0.2, -0.15) is 0 Å². The van der Waals surface area contributed by atoms with Crippen LogP contribution in [0.2, 0.25) is 0 Å². The molecule has 22 heavy (non-hydrogen) atoms. The fourth-order valence-electron chi connectivity index (χ4n) is 2.60. The highest BCUT2D eigenvalue weighted by molar-refractivity contribution is 6.59. The van der Waals surface area contributed by atoms with Crippen molar-refractivity contribution in [1.29, 1.82) is 0 Å². The fourth-order valence-corrected chi connectivity index (χ4v) is 2.60. The highest BCUT2D eigenvalue weighted by Crippen LogP contribution is 2.12. The summed E-state index contributed by atoms with van der Waals surface area (Å²) in [6.45, 7) is 2.89. The molecule has 0 fully saturated rings. The van der Waals surface area contributed by atoms with E-state index in [0.717, 1.165) is 6.42 Å². The van der Waals surface area contributed by atoms with Crippen LogP contribution in [0.1, 0.15) is 71.1 Å². The smallest absolute Gasteiger partial charge is 0.492 e. The average Bonchev–Trinajstić information content (AvgIpc) is 2.53. The van der Waals surface area contributed by atoms with E-state index in [1.165, 1.54) is 57.8 Å². The minimum Gasteiger partial charge on any atom is -0.494 e. The van der Waals surface area contributed by atoms with Crippen molar-refractivity contribution in [2.24, 2.45) is 0 Å². The number of ether oxygens (including phenoxy) is 1. The largest absolute Gasteiger partial charge is 0.494 e. The lowest BCUT2D eigenvalue weighted by molar-refractivity contribution is 0.304. The molecule has 0 heterocycles. The normalized spacial score (nSPS) is 10.7. The van der Waals surface area contributed by atoms with Gasteiger partial charge in [0.25, 0.3) is 0 Å². The highest BCUT2D eigenvalue weighted by atomic mass is 16.5. The number of para-hydroxylation sites is 1. The maximum absolute atomic E-state index is 9.26. The molecule has 0 unspecified atom stereocenters. The van der Waals surface area contributed by atoms with Crippen LogP contribution in [0.4, 0.5) is 0 Å². The van der Waals surface area contributed by atoms with Gasteiger partial charge in [-0.1, -0.05) is 82.9 Å². The molecule has 0 saturated heterocycles. The Hall–Kier alpha value is -0.995. The van der Waals surface area contributed by atoms with Crippen LogP contribution in [0, 0.1) is 0 Å². The van der Waals surface area contributed by atoms with Crippen molar-refractivity contribution in [1.82, 2.24) is 0 Å². The van der Waals surface area contributed by atoms with E-state index >= 15 is 0 Å². The second-order valence-electron chi connectivity index (χ2n) is 5.94. The van der Waals surface area contributed by atoms with Crippen molar-refractivity contribution in [3.8, 4) is 5.75 Å². The van der Waals surface area contributed by atoms with Crippen molar-refractivity contribution >= 4 is 12.6 Å². The Morgan fingerprint density at radius 1 is 0.818 bits per heavy atom. The lowest BCUT2D eigenvalue weighted by Crippen LogP contribution is -2.31. The SMILES string of the molecule is CCCCCCCCCCCCOc1ccccc1B(O)O. The Labute approximate surface area is 135 Å². The molecule has 0 bridgehead atoms. The second kappa shape index (κ2) is 12.5. The molecule has 0 aromatic heterocycles. The van der Waals surface area contributed by atoms with Crippen molar-refractivity contribution in [2.75, 3.05) is 6.61 Å². The van der Waals surface area contributed by atoms with Crippen molar-refractivity contribution in [3.63, 3.8) is 0 Å². The second-order valence-corrected chi connectivity index (χ2v) is 5.94. The molecule has 0 spiro atoms. The molecular weight excluding hydrogens is 275 g/mol. The average molecular weight is 306 g/mol. The first kappa shape index (κ1) is 19.1. The van der Waals surface area contributed by atoms with E-state index < -0.39 is 7.12 Å². The third-order valence-electron chi connectivity index (χ3n) is 3.95. The lowest BCUT2D eigenvalue weighted by Gasteiger charge is -2.10. The van der Waals surface area contributed by atoms with Crippen LogP contribution in [0.3, 0.4) is 0 Å². The van der Waals surface area contributed by atoms with E-state index in [0.29, 0.717) is 17.8 Å². The van der Waals surface area contributed by atoms with Gasteiger partial charge in [0.2, 0.25) is 0 Å². The molecule has 2 N–H and O–H groups in total. The summed E-state index contributed by atoms with van der Waals surface area (Å²) in [5.74, 6) is 0.577. The van der Waals surface area contributed by atoms with Gasteiger partial charge in [-0.3, -0.25) is 0 Å². The molecule has 4 heteroatoms. The summed E-state index contributed by atoms with van der Waals surface area (Å²) < 4.78 is 5.65. The lowest BCUT2D eigenvalue weighted by atomic mass is 9.79. The van der Waals surface area contributed by atoms with Crippen LogP contribution in [-0.4, -0.2) is 23.8 Å². The van der Waals surface area contributed by atoms with Gasteiger partial charge in [-0.25, -0.2) is 0 Å². The van der Waals surface area contributed by atoms with Gasteiger partial charge in [0, 0.05) is 5.46 Å². The zero-order chi connectivity index (χ0) is 16.0. The third kappa shape index (κ3) is 8.45. The molecule has 0 amide bonds. The molecule has 1 aromatic carbocycles. The summed E-state index contributed by atoms with van der Waals surface area (Å²) in [5, 5.41) is 18.5. The minimum atomic E-state index is -1.47. The van der Waals surface area contributed by atoms with Gasteiger partial charge in [0.05, 0.1) is 6.61 Å². The van der Waals surface area contributed by atoms with Crippen LogP contribution >= 0.6 is 0 Å². The molecule has 0 aliphatic rings. The summed E-state index contributed by atoms with van der Waals surface area (Å²) in [6, 6.07) is 7.09. The molecule has 124 valence electrons. The van der Waals surface area contributed by atoms with Gasteiger partial charge in [-0.15, -0.1) is 0 Å². The first-order valence-electron chi connectivity index (χ1n) is 8.83. The van der Waals surface area contributed by atoms with Gasteiger partial charge in [-0.05, 0) is 12.5 Å². The molecule has 1 rings (SSSR count). The Balaban J connectivity index is 2.00. The van der Waals surface area contributed by atoms with E-state index in [1.54, 1.807) is 18.2 Å². The molecule has 0 radical (unpaired) electrons. The Bertz CT molecular complexity index is 382. The Kier molecular flexibility index (Phi) is 10.9. The van der Waals surface area contributed by atoms with Crippen LogP contribution in [0.15, 0.2) is 24.3 Å². The summed E-state index contributed by atoms with van der Waals surface area (Å²) >= 11 is 0. The highest BCUT2D eigenvalue weighted by Gasteiger charge is 2.15. The zero-order valence-electron chi connectivity index (χ0n) is 14.0. The number of benzene rings is 1. The molecule has 0 aliphatic heterocycles. The molecular formula is C18H31BO3. The van der Waals surface area contributed by atoms with E-state index in [9.17, 15) is 10.0 Å². The van der Waals surface area contributed by atoms with E-state index in [1.807, 2.05) is 6.07 Å². The first-order valence-corrected chi connectivity index (χ1v) is 8.83. The molecule has 0 saturated carbocycles. The monoisotopic (exact) mass is 306 g/mol. The molecule has 0 aliphatic carbocycles. The zero-order valence-corrected chi connectivity index (χ0v) is 14.0. The van der Waals surface area contributed by atoms with Gasteiger partial charge < -0.3 is 14.8 Å². The topological polar surface area (TPSA) is 49.7 Å². The standard InChI is InChI=1S/C18H31BO3/c1-2-3-4-5-6-7-8-9-10-13-16-22-18-15-12-11-14-17(18)19(20)21/h11-12,14-15,20-21H,2-10,13,16H2,1H3. The van der Waals surface area contributed by atoms with Crippen LogP contribution in [-0.2, 0) is 0 Å². The predicted octanol–water partition coefficient (Wildman–Crippen LogP) is 3.67. The van der Waals surface area contributed by atoms with Gasteiger partial charge in [0.15, 0.2) is 0 Å². The quantitative estimate of drug-likeness (QED) is 0.432. The maximum atomic E-state index is 9.26.